The van der Waals surface area contributed by atoms with Crippen molar-refractivity contribution < 1.29 is 38.8 Å². The lowest BCUT2D eigenvalue weighted by molar-refractivity contribution is -0.268. The van der Waals surface area contributed by atoms with E-state index in [-0.39, 0.29) is 50.0 Å². The average molecular weight is 686 g/mol. The quantitative estimate of drug-likeness (QED) is 0.0990. The second-order valence-corrected chi connectivity index (χ2v) is 12.5. The number of carbonyl (C=O) groups is 3. The zero-order valence-corrected chi connectivity index (χ0v) is 28.0. The molecule has 4 N–H and O–H groups in total. The highest BCUT2D eigenvalue weighted by molar-refractivity contribution is 7.99. The first kappa shape index (κ1) is 35.6. The fourth-order valence-electron chi connectivity index (χ4n) is 5.47. The zero-order valence-electron chi connectivity index (χ0n) is 27.2. The van der Waals surface area contributed by atoms with E-state index >= 15 is 0 Å². The summed E-state index contributed by atoms with van der Waals surface area (Å²) in [5.41, 5.74) is 5.41. The van der Waals surface area contributed by atoms with Gasteiger partial charge in [-0.2, -0.15) is 0 Å². The molecular formula is C37H39N3O8S. The maximum atomic E-state index is 12.2. The molecule has 0 spiro atoms. The van der Waals surface area contributed by atoms with Crippen LogP contribution < -0.4 is 10.6 Å². The smallest absolute Gasteiger partial charge is 0.338 e. The number of aliphatic hydroxyl groups is 1. The standard InChI is InChI=1S/C37H39N3O8S/c1-3-46-32(42)20-40-37(45)39-19-25-7-4-8-27(17-25)28-9-5-10-29(18-28)36-47-31(22-49-34-30(35(43)44)11-6-16-38-34)23(2)33(48-36)26-14-12-24(21-41)13-15-26/h4-18,23,31,33,36,41H,3,19-22H2,1-2H3,(H,43,44)(H2,39,40,45)/t23-,31+,33+,36+/m0/s1. The number of aromatic nitrogens is 1. The number of hydrogen-bond acceptors (Lipinski definition) is 9. The Labute approximate surface area is 289 Å². The first-order valence-electron chi connectivity index (χ1n) is 15.9. The van der Waals surface area contributed by atoms with Crippen molar-refractivity contribution in [2.24, 2.45) is 5.92 Å². The number of ether oxygens (including phenoxy) is 3. The van der Waals surface area contributed by atoms with Gasteiger partial charge in [0.05, 0.1) is 31.0 Å². The van der Waals surface area contributed by atoms with Crippen molar-refractivity contribution in [3.05, 3.63) is 119 Å². The molecule has 2 heterocycles. The Morgan fingerprint density at radius 3 is 2.39 bits per heavy atom. The molecule has 1 fully saturated rings. The van der Waals surface area contributed by atoms with Gasteiger partial charge >= 0.3 is 18.0 Å². The van der Waals surface area contributed by atoms with Gasteiger partial charge in [0.25, 0.3) is 0 Å². The van der Waals surface area contributed by atoms with Gasteiger partial charge in [-0.25, -0.2) is 14.6 Å². The molecule has 1 aliphatic heterocycles. The molecule has 0 radical (unpaired) electrons. The zero-order chi connectivity index (χ0) is 34.8. The van der Waals surface area contributed by atoms with Crippen molar-refractivity contribution in [2.75, 3.05) is 18.9 Å². The number of benzene rings is 3. The van der Waals surface area contributed by atoms with Gasteiger partial charge in [-0.3, -0.25) is 4.79 Å². The van der Waals surface area contributed by atoms with Crippen molar-refractivity contribution in [2.45, 2.75) is 50.5 Å². The lowest BCUT2D eigenvalue weighted by atomic mass is 9.91. The number of amides is 2. The summed E-state index contributed by atoms with van der Waals surface area (Å²) in [5, 5.41) is 24.9. The van der Waals surface area contributed by atoms with Gasteiger partial charge < -0.3 is 35.1 Å². The second-order valence-electron chi connectivity index (χ2n) is 11.5. The first-order valence-corrected chi connectivity index (χ1v) is 16.9. The summed E-state index contributed by atoms with van der Waals surface area (Å²) < 4.78 is 18.1. The number of urea groups is 1. The minimum atomic E-state index is -1.04. The molecule has 3 aromatic carbocycles. The molecule has 4 aromatic rings. The number of aromatic carboxylic acids is 1. The maximum Gasteiger partial charge on any atom is 0.338 e. The molecular weight excluding hydrogens is 646 g/mol. The van der Waals surface area contributed by atoms with Gasteiger partial charge in [-0.15, -0.1) is 11.8 Å². The Morgan fingerprint density at radius 1 is 0.898 bits per heavy atom. The summed E-state index contributed by atoms with van der Waals surface area (Å²) in [6.45, 7) is 3.98. The highest BCUT2D eigenvalue weighted by Crippen LogP contribution is 2.43. The minimum Gasteiger partial charge on any atom is -0.478 e. The minimum absolute atomic E-state index is 0.0604. The number of aliphatic hydroxyl groups excluding tert-OH is 1. The van der Waals surface area contributed by atoms with E-state index in [0.717, 1.165) is 33.4 Å². The molecule has 0 aliphatic carbocycles. The predicted octanol–water partition coefficient (Wildman–Crippen LogP) is 5.89. The Morgan fingerprint density at radius 2 is 1.65 bits per heavy atom. The van der Waals surface area contributed by atoms with Crippen molar-refractivity contribution in [1.29, 1.82) is 0 Å². The number of carboxylic acid groups (broad SMARTS) is 1. The number of carbonyl (C=O) groups excluding carboxylic acids is 2. The van der Waals surface area contributed by atoms with Crippen LogP contribution in [0.25, 0.3) is 11.1 Å². The number of nitrogens with zero attached hydrogens (tertiary/aromatic N) is 1. The largest absolute Gasteiger partial charge is 0.478 e. The molecule has 2 amide bonds. The molecule has 49 heavy (non-hydrogen) atoms. The van der Waals surface area contributed by atoms with Crippen LogP contribution in [0.4, 0.5) is 4.79 Å². The third kappa shape index (κ3) is 9.45. The monoisotopic (exact) mass is 685 g/mol. The van der Waals surface area contributed by atoms with Gasteiger partial charge in [0.2, 0.25) is 0 Å². The molecule has 1 saturated heterocycles. The number of thioether (sulfide) groups is 1. The van der Waals surface area contributed by atoms with Crippen LogP contribution in [0.1, 0.15) is 58.9 Å². The summed E-state index contributed by atoms with van der Waals surface area (Å²) in [6.07, 6.45) is 0.199. The molecule has 1 aromatic heterocycles. The van der Waals surface area contributed by atoms with Crippen LogP contribution in [0.2, 0.25) is 0 Å². The molecule has 0 bridgehead atoms. The highest BCUT2D eigenvalue weighted by Gasteiger charge is 2.38. The number of nitrogens with one attached hydrogen (secondary N) is 2. The molecule has 0 saturated carbocycles. The topological polar surface area (TPSA) is 156 Å². The third-order valence-electron chi connectivity index (χ3n) is 8.08. The summed E-state index contributed by atoms with van der Waals surface area (Å²) >= 11 is 1.34. The number of esters is 1. The lowest BCUT2D eigenvalue weighted by Gasteiger charge is -2.41. The maximum absolute atomic E-state index is 12.2. The Kier molecular flexibility index (Phi) is 12.4. The summed E-state index contributed by atoms with van der Waals surface area (Å²) in [5.74, 6) is -1.18. The van der Waals surface area contributed by atoms with Crippen molar-refractivity contribution >= 4 is 29.7 Å². The van der Waals surface area contributed by atoms with Crippen LogP contribution >= 0.6 is 11.8 Å². The highest BCUT2D eigenvalue weighted by atomic mass is 32.2. The number of pyridine rings is 1. The van der Waals surface area contributed by atoms with Gasteiger partial charge in [0, 0.05) is 30.0 Å². The molecule has 5 rings (SSSR count). The molecule has 0 unspecified atom stereocenters. The van der Waals surface area contributed by atoms with Crippen molar-refractivity contribution in [1.82, 2.24) is 15.6 Å². The van der Waals surface area contributed by atoms with E-state index in [4.69, 9.17) is 14.2 Å². The lowest BCUT2D eigenvalue weighted by Crippen LogP contribution is -2.38. The fourth-order valence-corrected chi connectivity index (χ4v) is 6.63. The van der Waals surface area contributed by atoms with Crippen LogP contribution in [0.15, 0.2) is 96.2 Å². The Bertz CT molecular complexity index is 1750. The van der Waals surface area contributed by atoms with Gasteiger partial charge in [0.1, 0.15) is 11.6 Å². The second kappa shape index (κ2) is 17.1. The van der Waals surface area contributed by atoms with Gasteiger partial charge in [0.15, 0.2) is 6.29 Å². The molecule has 11 nitrogen and oxygen atoms in total. The van der Waals surface area contributed by atoms with Crippen molar-refractivity contribution in [3.8, 4) is 11.1 Å². The summed E-state index contributed by atoms with van der Waals surface area (Å²) in [6, 6.07) is 26.0. The third-order valence-corrected chi connectivity index (χ3v) is 9.17. The average Bonchev–Trinajstić information content (AvgIpc) is 3.13. The molecule has 4 atom stereocenters. The molecule has 12 heteroatoms. The number of carboxylic acids is 1. The van der Waals surface area contributed by atoms with E-state index in [1.54, 1.807) is 19.2 Å². The van der Waals surface area contributed by atoms with Crippen LogP contribution in [0, 0.1) is 5.92 Å². The van der Waals surface area contributed by atoms with E-state index in [0.29, 0.717) is 10.8 Å². The van der Waals surface area contributed by atoms with E-state index in [1.165, 1.54) is 17.8 Å². The van der Waals surface area contributed by atoms with Crippen LogP contribution in [-0.4, -0.2) is 58.2 Å². The Hall–Kier alpha value is -4.75. The van der Waals surface area contributed by atoms with E-state index in [1.807, 2.05) is 72.8 Å². The van der Waals surface area contributed by atoms with Gasteiger partial charge in [-0.05, 0) is 59.0 Å². The van der Waals surface area contributed by atoms with Crippen LogP contribution in [-0.2, 0) is 32.2 Å². The van der Waals surface area contributed by atoms with E-state index < -0.39 is 24.3 Å². The van der Waals surface area contributed by atoms with Gasteiger partial charge in [-0.1, -0.05) is 67.6 Å². The normalized spacial score (nSPS) is 18.8. The Balaban J connectivity index is 1.34. The number of hydrogen-bond donors (Lipinski definition) is 4. The molecule has 1 aliphatic rings. The first-order chi connectivity index (χ1) is 23.7. The van der Waals surface area contributed by atoms with Crippen LogP contribution in [0.5, 0.6) is 0 Å². The van der Waals surface area contributed by atoms with E-state index in [9.17, 15) is 24.6 Å². The summed E-state index contributed by atoms with van der Waals surface area (Å²) in [7, 11) is 0. The van der Waals surface area contributed by atoms with Crippen LogP contribution in [0.3, 0.4) is 0 Å². The van der Waals surface area contributed by atoms with Crippen molar-refractivity contribution in [3.63, 3.8) is 0 Å². The van der Waals surface area contributed by atoms with E-state index in [2.05, 4.69) is 22.5 Å². The molecule has 256 valence electrons. The summed E-state index contributed by atoms with van der Waals surface area (Å²) in [4.78, 5) is 39.8. The SMILES string of the molecule is CCOC(=O)CNC(=O)NCc1cccc(-c2cccc([C@@H]3O[C@H](CSc4ncccc4C(=O)O)[C@H](C)[C@H](c4ccc(CO)cc4)O3)c2)c1. The number of rotatable bonds is 13. The fraction of sp³-hybridized carbons (Fsp3) is 0.297. The predicted molar refractivity (Wildman–Crippen MR) is 184 cm³/mol.